The molecule has 0 aliphatic heterocycles. The minimum Gasteiger partial charge on any atom is -0.384 e. The van der Waals surface area contributed by atoms with Gasteiger partial charge in [0, 0.05) is 12.3 Å². The molecule has 1 N–H and O–H groups in total. The highest BCUT2D eigenvalue weighted by atomic mass is 16.3. The lowest BCUT2D eigenvalue weighted by Gasteiger charge is -2.25. The molecule has 0 spiro atoms. The molecule has 0 amide bonds. The van der Waals surface area contributed by atoms with E-state index >= 15 is 0 Å². The van der Waals surface area contributed by atoms with Crippen LogP contribution in [0.5, 0.6) is 0 Å². The summed E-state index contributed by atoms with van der Waals surface area (Å²) in [6, 6.07) is 14.8. The maximum Gasteiger partial charge on any atom is 0.101 e. The van der Waals surface area contributed by atoms with E-state index in [-0.39, 0.29) is 0 Å². The average Bonchev–Trinajstić information content (AvgIpc) is 2.60. The van der Waals surface area contributed by atoms with Gasteiger partial charge in [-0.15, -0.1) is 0 Å². The Labute approximate surface area is 141 Å². The van der Waals surface area contributed by atoms with Crippen LogP contribution in [-0.2, 0) is 0 Å². The topological polar surface area (TPSA) is 32.6 Å². The number of benzene rings is 2. The summed E-state index contributed by atoms with van der Waals surface area (Å²) < 4.78 is 0. The van der Waals surface area contributed by atoms with Crippen molar-refractivity contribution in [3.8, 4) is 0 Å². The van der Waals surface area contributed by atoms with E-state index in [1.165, 1.54) is 16.3 Å². The van der Waals surface area contributed by atoms with Crippen molar-refractivity contribution in [2.45, 2.75) is 59.5 Å². The van der Waals surface area contributed by atoms with Crippen molar-refractivity contribution >= 4 is 16.5 Å². The van der Waals surface area contributed by atoms with Gasteiger partial charge in [-0.05, 0) is 49.4 Å². The van der Waals surface area contributed by atoms with Crippen LogP contribution in [0.3, 0.4) is 0 Å². The molecule has 2 rings (SSSR count). The molecule has 0 bridgehead atoms. The van der Waals surface area contributed by atoms with E-state index in [1.54, 1.807) is 0 Å². The Morgan fingerprint density at radius 2 is 1.61 bits per heavy atom. The molecule has 0 saturated heterocycles. The molecule has 0 aliphatic rings. The molecule has 2 aromatic rings. The van der Waals surface area contributed by atoms with E-state index in [4.69, 9.17) is 0 Å². The molecular formula is C21H31NO. The highest BCUT2D eigenvalue weighted by Crippen LogP contribution is 2.17. The second kappa shape index (κ2) is 9.46. The Morgan fingerprint density at radius 1 is 1.00 bits per heavy atom. The second-order valence-corrected chi connectivity index (χ2v) is 6.00. The van der Waals surface area contributed by atoms with Gasteiger partial charge in [0.25, 0.3) is 0 Å². The summed E-state index contributed by atoms with van der Waals surface area (Å²) in [7, 11) is 0. The smallest absolute Gasteiger partial charge is 0.101 e. The average molecular weight is 313 g/mol. The maximum absolute atomic E-state index is 9.99. The molecule has 23 heavy (non-hydrogen) atoms. The highest BCUT2D eigenvalue weighted by molar-refractivity contribution is 5.90. The van der Waals surface area contributed by atoms with E-state index in [9.17, 15) is 5.11 Å². The fourth-order valence-electron chi connectivity index (χ4n) is 2.58. The normalized spacial score (nSPS) is 12.0. The van der Waals surface area contributed by atoms with Crippen molar-refractivity contribution in [1.29, 1.82) is 0 Å². The SMILES string of the molecule is CCCN=C(C)C(O)(CC)CC.Cc1cccc2ccccc12. The van der Waals surface area contributed by atoms with Gasteiger partial charge < -0.3 is 5.11 Å². The summed E-state index contributed by atoms with van der Waals surface area (Å²) in [5, 5.41) is 12.7. The predicted octanol–water partition coefficient (Wildman–Crippen LogP) is 5.56. The van der Waals surface area contributed by atoms with E-state index < -0.39 is 5.60 Å². The first kappa shape index (κ1) is 19.4. The van der Waals surface area contributed by atoms with Crippen molar-refractivity contribution in [2.24, 2.45) is 4.99 Å². The fraction of sp³-hybridized carbons (Fsp3) is 0.476. The lowest BCUT2D eigenvalue weighted by Crippen LogP contribution is -2.35. The Hall–Kier alpha value is -1.67. The number of aliphatic imine (C=N–C) groups is 1. The van der Waals surface area contributed by atoms with Gasteiger partial charge in [0.15, 0.2) is 0 Å². The van der Waals surface area contributed by atoms with Crippen LogP contribution in [0.4, 0.5) is 0 Å². The van der Waals surface area contributed by atoms with Crippen molar-refractivity contribution in [1.82, 2.24) is 0 Å². The third-order valence-corrected chi connectivity index (χ3v) is 4.42. The molecule has 0 fully saturated rings. The number of aliphatic hydroxyl groups is 1. The second-order valence-electron chi connectivity index (χ2n) is 6.00. The monoisotopic (exact) mass is 313 g/mol. The van der Waals surface area contributed by atoms with Crippen LogP contribution in [0.2, 0.25) is 0 Å². The largest absolute Gasteiger partial charge is 0.384 e. The first-order valence-corrected chi connectivity index (χ1v) is 8.66. The number of fused-ring (bicyclic) bond motifs is 1. The molecule has 2 heteroatoms. The summed E-state index contributed by atoms with van der Waals surface area (Å²) in [5.74, 6) is 0. The first-order valence-electron chi connectivity index (χ1n) is 8.66. The zero-order valence-corrected chi connectivity index (χ0v) is 15.3. The number of rotatable bonds is 5. The van der Waals surface area contributed by atoms with Crippen LogP contribution in [0, 0.1) is 6.92 Å². The zero-order chi connectivity index (χ0) is 17.3. The molecule has 2 nitrogen and oxygen atoms in total. The van der Waals surface area contributed by atoms with E-state index in [1.807, 2.05) is 20.8 Å². The third-order valence-electron chi connectivity index (χ3n) is 4.42. The Kier molecular flexibility index (Phi) is 7.97. The van der Waals surface area contributed by atoms with Crippen molar-refractivity contribution in [3.05, 3.63) is 48.0 Å². The first-order chi connectivity index (χ1) is 11.0. The molecule has 2 aromatic carbocycles. The van der Waals surface area contributed by atoms with Gasteiger partial charge in [0.2, 0.25) is 0 Å². The fourth-order valence-corrected chi connectivity index (χ4v) is 2.58. The van der Waals surface area contributed by atoms with Crippen molar-refractivity contribution in [2.75, 3.05) is 6.54 Å². The van der Waals surface area contributed by atoms with Gasteiger partial charge in [-0.2, -0.15) is 0 Å². The van der Waals surface area contributed by atoms with Crippen LogP contribution >= 0.6 is 0 Å². The van der Waals surface area contributed by atoms with Gasteiger partial charge in [-0.3, -0.25) is 4.99 Å². The predicted molar refractivity (Wildman–Crippen MR) is 102 cm³/mol. The van der Waals surface area contributed by atoms with Crippen LogP contribution in [0.1, 0.15) is 52.5 Å². The molecule has 0 radical (unpaired) electrons. The summed E-state index contributed by atoms with van der Waals surface area (Å²) >= 11 is 0. The van der Waals surface area contributed by atoms with E-state index in [2.05, 4.69) is 61.3 Å². The minimum atomic E-state index is -0.658. The van der Waals surface area contributed by atoms with Crippen LogP contribution < -0.4 is 0 Å². The van der Waals surface area contributed by atoms with Gasteiger partial charge in [-0.1, -0.05) is 63.2 Å². The van der Waals surface area contributed by atoms with Crippen molar-refractivity contribution in [3.63, 3.8) is 0 Å². The zero-order valence-electron chi connectivity index (χ0n) is 15.3. The summed E-state index contributed by atoms with van der Waals surface area (Å²) in [6.45, 7) is 11.0. The lowest BCUT2D eigenvalue weighted by molar-refractivity contribution is 0.103. The number of aryl methyl sites for hydroxylation is 1. The third kappa shape index (κ3) is 5.47. The summed E-state index contributed by atoms with van der Waals surface area (Å²) in [5.41, 5.74) is 1.58. The molecule has 0 aromatic heterocycles. The number of hydrogen-bond donors (Lipinski definition) is 1. The summed E-state index contributed by atoms with van der Waals surface area (Å²) in [6.07, 6.45) is 2.55. The number of nitrogens with zero attached hydrogens (tertiary/aromatic N) is 1. The minimum absolute atomic E-state index is 0.658. The Bertz CT molecular complexity index is 621. The van der Waals surface area contributed by atoms with Crippen LogP contribution in [0.25, 0.3) is 10.8 Å². The van der Waals surface area contributed by atoms with Gasteiger partial charge in [0.1, 0.15) is 5.60 Å². The van der Waals surface area contributed by atoms with Gasteiger partial charge >= 0.3 is 0 Å². The molecule has 0 heterocycles. The maximum atomic E-state index is 9.99. The van der Waals surface area contributed by atoms with Gasteiger partial charge in [-0.25, -0.2) is 0 Å². The molecule has 0 saturated carbocycles. The molecule has 0 atom stereocenters. The molecular weight excluding hydrogens is 282 g/mol. The van der Waals surface area contributed by atoms with Gasteiger partial charge in [0.05, 0.1) is 0 Å². The Morgan fingerprint density at radius 3 is 2.17 bits per heavy atom. The van der Waals surface area contributed by atoms with E-state index in [0.717, 1.165) is 31.5 Å². The van der Waals surface area contributed by atoms with Crippen molar-refractivity contribution < 1.29 is 5.11 Å². The van der Waals surface area contributed by atoms with Crippen LogP contribution in [0.15, 0.2) is 47.5 Å². The molecule has 0 unspecified atom stereocenters. The Balaban J connectivity index is 0.000000230. The standard InChI is InChI=1S/C11H10.C10H21NO/c1-9-5-4-7-10-6-2-3-8-11(9)10;1-5-8-11-9(4)10(12,6-2)7-3/h2-8H,1H3;12H,5-8H2,1-4H3. The van der Waals surface area contributed by atoms with Crippen LogP contribution in [-0.4, -0.2) is 23.0 Å². The quantitative estimate of drug-likeness (QED) is 0.720. The lowest BCUT2D eigenvalue weighted by atomic mass is 9.92. The van der Waals surface area contributed by atoms with E-state index in [0.29, 0.717) is 0 Å². The summed E-state index contributed by atoms with van der Waals surface area (Å²) in [4.78, 5) is 4.32. The molecule has 126 valence electrons. The highest BCUT2D eigenvalue weighted by Gasteiger charge is 2.25. The molecule has 0 aliphatic carbocycles. The number of hydrogen-bond acceptors (Lipinski definition) is 2.